The third-order valence-corrected chi connectivity index (χ3v) is 8.57. The van der Waals surface area contributed by atoms with E-state index in [9.17, 15) is 4.79 Å². The maximum Gasteiger partial charge on any atom is 0.330 e. The van der Waals surface area contributed by atoms with E-state index >= 15 is 8.78 Å². The largest absolute Gasteiger partial charge is 0.463 e. The number of carbonyl (C=O) groups excluding carboxylic acids is 1. The average Bonchev–Trinajstić information content (AvgIpc) is 3.20. The van der Waals surface area contributed by atoms with Crippen molar-refractivity contribution in [3.63, 3.8) is 0 Å². The number of rotatable bonds is 5. The standard InChI is InChI=1S/C30H32F2N2O2/c1-3-36-27(35)11-9-19-15-23(31)28(24(32)16-19)30-29-22(21-6-4-5-7-25(21)33-29)12-17(2)34(30)26-10-8-18-13-20(26)14-18/h4-7,9,11,15-18,20,26,30,33H,3,8,10,12-14H2,1-2H3/b11-9+. The van der Waals surface area contributed by atoms with Gasteiger partial charge < -0.3 is 9.72 Å². The molecule has 6 heteroatoms. The lowest BCUT2D eigenvalue weighted by Crippen LogP contribution is -2.56. The van der Waals surface area contributed by atoms with Gasteiger partial charge in [0.2, 0.25) is 0 Å². The monoisotopic (exact) mass is 490 g/mol. The molecular weight excluding hydrogens is 458 g/mol. The quantitative estimate of drug-likeness (QED) is 0.326. The first kappa shape index (κ1) is 23.4. The van der Waals surface area contributed by atoms with Crippen LogP contribution in [0.5, 0.6) is 0 Å². The first-order valence-corrected chi connectivity index (χ1v) is 13.1. The fraction of sp³-hybridized carbons (Fsp3) is 0.433. The van der Waals surface area contributed by atoms with Crippen molar-refractivity contribution in [1.29, 1.82) is 0 Å². The van der Waals surface area contributed by atoms with Gasteiger partial charge in [-0.3, -0.25) is 4.90 Å². The number of nitrogens with one attached hydrogen (secondary N) is 1. The van der Waals surface area contributed by atoms with E-state index in [1.54, 1.807) is 6.92 Å². The highest BCUT2D eigenvalue weighted by Gasteiger charge is 2.49. The van der Waals surface area contributed by atoms with E-state index in [0.717, 1.165) is 40.9 Å². The zero-order valence-corrected chi connectivity index (χ0v) is 20.8. The number of para-hydroxylation sites is 1. The summed E-state index contributed by atoms with van der Waals surface area (Å²) in [5, 5.41) is 1.13. The van der Waals surface area contributed by atoms with Crippen molar-refractivity contribution in [3.8, 4) is 0 Å². The molecule has 2 aromatic carbocycles. The number of aromatic amines is 1. The Morgan fingerprint density at radius 2 is 1.92 bits per heavy atom. The van der Waals surface area contributed by atoms with Crippen LogP contribution in [0.3, 0.4) is 0 Å². The van der Waals surface area contributed by atoms with Crippen LogP contribution in [0.4, 0.5) is 8.78 Å². The highest BCUT2D eigenvalue weighted by Crippen LogP contribution is 2.52. The van der Waals surface area contributed by atoms with Crippen LogP contribution in [0.2, 0.25) is 0 Å². The lowest BCUT2D eigenvalue weighted by molar-refractivity contribution is -0.137. The lowest BCUT2D eigenvalue weighted by Gasteiger charge is -2.55. The molecule has 36 heavy (non-hydrogen) atoms. The zero-order valence-electron chi connectivity index (χ0n) is 20.8. The number of carbonyl (C=O) groups is 1. The van der Waals surface area contributed by atoms with Crippen LogP contribution in [0.1, 0.15) is 68.0 Å². The van der Waals surface area contributed by atoms with Crippen molar-refractivity contribution >= 4 is 22.9 Å². The first-order valence-electron chi connectivity index (χ1n) is 13.1. The van der Waals surface area contributed by atoms with Gasteiger partial charge in [0.15, 0.2) is 0 Å². The Hall–Kier alpha value is -2.99. The number of hydrogen-bond acceptors (Lipinski definition) is 3. The van der Waals surface area contributed by atoms with Crippen LogP contribution >= 0.6 is 0 Å². The normalized spacial score (nSPS) is 27.7. The Morgan fingerprint density at radius 3 is 2.61 bits per heavy atom. The molecule has 2 bridgehead atoms. The summed E-state index contributed by atoms with van der Waals surface area (Å²) >= 11 is 0. The Morgan fingerprint density at radius 1 is 1.17 bits per heavy atom. The molecule has 0 amide bonds. The molecule has 1 N–H and O–H groups in total. The van der Waals surface area contributed by atoms with Gasteiger partial charge in [-0.25, -0.2) is 13.6 Å². The third-order valence-electron chi connectivity index (χ3n) is 8.57. The van der Waals surface area contributed by atoms with Crippen molar-refractivity contribution < 1.29 is 18.3 Å². The molecule has 3 saturated carbocycles. The van der Waals surface area contributed by atoms with Crippen LogP contribution < -0.4 is 0 Å². The molecule has 3 aromatic rings. The van der Waals surface area contributed by atoms with Gasteiger partial charge in [-0.05, 0) is 93.2 Å². The van der Waals surface area contributed by atoms with Crippen molar-refractivity contribution in [2.45, 2.75) is 64.1 Å². The molecule has 0 saturated heterocycles. The Balaban J connectivity index is 1.47. The number of ether oxygens (including phenoxy) is 1. The van der Waals surface area contributed by atoms with E-state index in [4.69, 9.17) is 4.74 Å². The van der Waals surface area contributed by atoms with Crippen molar-refractivity contribution in [1.82, 2.24) is 9.88 Å². The van der Waals surface area contributed by atoms with Gasteiger partial charge >= 0.3 is 5.97 Å². The second-order valence-corrected chi connectivity index (χ2v) is 10.7. The van der Waals surface area contributed by atoms with E-state index in [0.29, 0.717) is 17.5 Å². The Labute approximate surface area is 210 Å². The molecule has 1 aliphatic heterocycles. The number of hydrogen-bond donors (Lipinski definition) is 1. The molecule has 2 heterocycles. The average molecular weight is 491 g/mol. The third kappa shape index (κ3) is 3.86. The summed E-state index contributed by atoms with van der Waals surface area (Å²) in [5.41, 5.74) is 3.46. The highest BCUT2D eigenvalue weighted by atomic mass is 19.1. The summed E-state index contributed by atoms with van der Waals surface area (Å²) < 4.78 is 36.6. The number of fused-ring (bicyclic) bond motifs is 5. The van der Waals surface area contributed by atoms with Gasteiger partial charge in [0.1, 0.15) is 11.6 Å². The van der Waals surface area contributed by atoms with Crippen molar-refractivity contribution in [2.24, 2.45) is 11.8 Å². The molecule has 0 radical (unpaired) electrons. The van der Waals surface area contributed by atoms with Crippen LogP contribution in [0, 0.1) is 23.5 Å². The maximum atomic E-state index is 15.9. The molecule has 0 spiro atoms. The Bertz CT molecular complexity index is 1310. The molecule has 3 fully saturated rings. The number of H-pyrrole nitrogens is 1. The summed E-state index contributed by atoms with van der Waals surface area (Å²) in [6.45, 7) is 4.16. The number of nitrogens with zero attached hydrogens (tertiary/aromatic N) is 1. The van der Waals surface area contributed by atoms with Gasteiger partial charge in [0.05, 0.1) is 12.6 Å². The summed E-state index contributed by atoms with van der Waals surface area (Å²) in [5.74, 6) is -0.289. The fourth-order valence-electron chi connectivity index (χ4n) is 6.98. The van der Waals surface area contributed by atoms with Crippen molar-refractivity contribution in [3.05, 3.63) is 76.5 Å². The molecule has 3 unspecified atom stereocenters. The van der Waals surface area contributed by atoms with Crippen LogP contribution in [0.15, 0.2) is 42.5 Å². The second-order valence-electron chi connectivity index (χ2n) is 10.7. The topological polar surface area (TPSA) is 45.3 Å². The van der Waals surface area contributed by atoms with E-state index in [-0.39, 0.29) is 18.2 Å². The van der Waals surface area contributed by atoms with Gasteiger partial charge in [-0.2, -0.15) is 0 Å². The van der Waals surface area contributed by atoms with E-state index in [2.05, 4.69) is 22.9 Å². The maximum absolute atomic E-state index is 15.9. The SMILES string of the molecule is CCOC(=O)/C=C/c1cc(F)c(C2c3[nH]c4ccccc4c3CC(C)N2C2CCC3CC2C3)c(F)c1. The van der Waals surface area contributed by atoms with Crippen molar-refractivity contribution in [2.75, 3.05) is 6.61 Å². The molecule has 3 atom stereocenters. The van der Waals surface area contributed by atoms with Crippen LogP contribution in [-0.2, 0) is 16.0 Å². The first-order chi connectivity index (χ1) is 17.4. The number of aromatic nitrogens is 1. The minimum Gasteiger partial charge on any atom is -0.463 e. The predicted molar refractivity (Wildman–Crippen MR) is 136 cm³/mol. The van der Waals surface area contributed by atoms with E-state index in [1.165, 1.54) is 43.5 Å². The Kier molecular flexibility index (Phi) is 5.95. The summed E-state index contributed by atoms with van der Waals surface area (Å²) in [4.78, 5) is 17.7. The van der Waals surface area contributed by atoms with Gasteiger partial charge in [0, 0.05) is 40.3 Å². The van der Waals surface area contributed by atoms with Crippen LogP contribution in [0.25, 0.3) is 17.0 Å². The number of halogens is 2. The summed E-state index contributed by atoms with van der Waals surface area (Å²) in [7, 11) is 0. The predicted octanol–water partition coefficient (Wildman–Crippen LogP) is 6.55. The van der Waals surface area contributed by atoms with Gasteiger partial charge in [0.25, 0.3) is 0 Å². The minimum atomic E-state index is -0.588. The molecule has 1 aromatic heterocycles. The van der Waals surface area contributed by atoms with E-state index in [1.807, 2.05) is 18.2 Å². The summed E-state index contributed by atoms with van der Waals surface area (Å²) in [6.07, 6.45) is 8.18. The van der Waals surface area contributed by atoms with E-state index < -0.39 is 23.6 Å². The second kappa shape index (κ2) is 9.15. The number of benzene rings is 2. The van der Waals surface area contributed by atoms with Gasteiger partial charge in [-0.15, -0.1) is 0 Å². The fourth-order valence-corrected chi connectivity index (χ4v) is 6.98. The molecule has 188 valence electrons. The molecular formula is C30H32F2N2O2. The minimum absolute atomic E-state index is 0.0871. The van der Waals surface area contributed by atoms with Gasteiger partial charge in [-0.1, -0.05) is 18.2 Å². The molecule has 4 nitrogen and oxygen atoms in total. The molecule has 7 rings (SSSR count). The highest BCUT2D eigenvalue weighted by molar-refractivity contribution is 5.87. The summed E-state index contributed by atoms with van der Waals surface area (Å²) in [6, 6.07) is 10.7. The number of esters is 1. The lowest BCUT2D eigenvalue weighted by atomic mass is 9.61. The zero-order chi connectivity index (χ0) is 25.0. The molecule has 4 aliphatic rings. The molecule has 3 aliphatic carbocycles. The van der Waals surface area contributed by atoms with Crippen LogP contribution in [-0.4, -0.2) is 34.5 Å². The smallest absolute Gasteiger partial charge is 0.330 e.